The average Bonchev–Trinajstić information content (AvgIpc) is 3.64. The minimum absolute atomic E-state index is 0.128. The zero-order chi connectivity index (χ0) is 23.9. The Morgan fingerprint density at radius 1 is 1.06 bits per heavy atom. The lowest BCUT2D eigenvalue weighted by molar-refractivity contribution is -0.124. The quantitative estimate of drug-likeness (QED) is 0.339. The minimum atomic E-state index is -1.77. The van der Waals surface area contributed by atoms with E-state index in [0.29, 0.717) is 18.2 Å². The Morgan fingerprint density at radius 3 is 2.59 bits per heavy atom. The first-order valence-electron chi connectivity index (χ1n) is 11.2. The number of thiocarbonyl (C=S) groups is 1. The van der Waals surface area contributed by atoms with Gasteiger partial charge < -0.3 is 15.1 Å². The molecule has 1 N–H and O–H groups in total. The van der Waals surface area contributed by atoms with Gasteiger partial charge in [0.15, 0.2) is 11.3 Å². The van der Waals surface area contributed by atoms with Crippen LogP contribution in [0.4, 0.5) is 5.69 Å². The number of anilines is 1. The molecule has 2 aromatic carbocycles. The SMILES string of the molecule is O=C(NC(N1CCCN(c2cccc3cccnc23)C1=S)C(Cl)(Cl)Cl)C1CC1c1ccccc1. The molecule has 2 aliphatic rings. The first-order valence-corrected chi connectivity index (χ1v) is 12.7. The summed E-state index contributed by atoms with van der Waals surface area (Å²) in [5.74, 6) is -0.0882. The highest BCUT2D eigenvalue weighted by molar-refractivity contribution is 7.80. The Hall–Kier alpha value is -2.12. The van der Waals surface area contributed by atoms with Crippen molar-refractivity contribution in [3.63, 3.8) is 0 Å². The molecular weight excluding hydrogens is 511 g/mol. The van der Waals surface area contributed by atoms with Gasteiger partial charge in [0.25, 0.3) is 0 Å². The molecule has 2 heterocycles. The number of hydrogen-bond donors (Lipinski definition) is 1. The van der Waals surface area contributed by atoms with E-state index in [-0.39, 0.29) is 17.7 Å². The van der Waals surface area contributed by atoms with Crippen LogP contribution < -0.4 is 10.2 Å². The number of para-hydroxylation sites is 1. The number of pyridine rings is 1. The number of carbonyl (C=O) groups excluding carboxylic acids is 1. The zero-order valence-electron chi connectivity index (χ0n) is 18.2. The molecule has 1 aromatic heterocycles. The molecule has 1 saturated heterocycles. The topological polar surface area (TPSA) is 48.5 Å². The second kappa shape index (κ2) is 9.50. The third kappa shape index (κ3) is 4.69. The van der Waals surface area contributed by atoms with E-state index in [9.17, 15) is 4.79 Å². The summed E-state index contributed by atoms with van der Waals surface area (Å²) in [5, 5.41) is 4.51. The first-order chi connectivity index (χ1) is 16.3. The van der Waals surface area contributed by atoms with Crippen molar-refractivity contribution >= 4 is 74.6 Å². The van der Waals surface area contributed by atoms with E-state index < -0.39 is 9.96 Å². The molecule has 5 nitrogen and oxygen atoms in total. The van der Waals surface area contributed by atoms with E-state index in [4.69, 9.17) is 47.0 Å². The van der Waals surface area contributed by atoms with Crippen LogP contribution in [-0.2, 0) is 4.79 Å². The smallest absolute Gasteiger partial charge is 0.228 e. The number of alkyl halides is 3. The van der Waals surface area contributed by atoms with Gasteiger partial charge in [-0.25, -0.2) is 0 Å². The van der Waals surface area contributed by atoms with Crippen molar-refractivity contribution in [3.05, 3.63) is 72.4 Å². The van der Waals surface area contributed by atoms with E-state index >= 15 is 0 Å². The van der Waals surface area contributed by atoms with Crippen molar-refractivity contribution in [3.8, 4) is 0 Å². The predicted octanol–water partition coefficient (Wildman–Crippen LogP) is 5.65. The molecule has 3 unspecified atom stereocenters. The van der Waals surface area contributed by atoms with Gasteiger partial charge in [0.05, 0.1) is 11.2 Å². The highest BCUT2D eigenvalue weighted by Gasteiger charge is 2.48. The highest BCUT2D eigenvalue weighted by Crippen LogP contribution is 2.48. The predicted molar refractivity (Wildman–Crippen MR) is 143 cm³/mol. The van der Waals surface area contributed by atoms with Crippen LogP contribution in [0, 0.1) is 5.92 Å². The number of rotatable bonds is 5. The molecule has 9 heteroatoms. The summed E-state index contributed by atoms with van der Waals surface area (Å²) >= 11 is 25.0. The van der Waals surface area contributed by atoms with Gasteiger partial charge >= 0.3 is 0 Å². The number of benzene rings is 2. The van der Waals surface area contributed by atoms with E-state index in [1.54, 1.807) is 6.20 Å². The van der Waals surface area contributed by atoms with Gasteiger partial charge in [0.2, 0.25) is 9.70 Å². The molecule has 1 aliphatic carbocycles. The molecule has 3 atom stereocenters. The second-order valence-corrected chi connectivity index (χ2v) is 11.4. The van der Waals surface area contributed by atoms with Crippen molar-refractivity contribution in [1.29, 1.82) is 0 Å². The number of carbonyl (C=O) groups is 1. The standard InChI is InChI=1S/C25H23Cl3N4OS/c26-25(27,28)23(30-22(33)19-15-18(19)16-7-2-1-3-8-16)32-14-6-13-31(24(32)34)20-11-4-9-17-10-5-12-29-21(17)20/h1-5,7-12,18-19,23H,6,13-15H2,(H,30,33). The highest BCUT2D eigenvalue weighted by atomic mass is 35.6. The molecule has 3 aromatic rings. The van der Waals surface area contributed by atoms with Crippen LogP contribution in [0.15, 0.2) is 66.9 Å². The summed E-state index contributed by atoms with van der Waals surface area (Å²) in [6.45, 7) is 1.28. The minimum Gasteiger partial charge on any atom is -0.332 e. The van der Waals surface area contributed by atoms with Crippen LogP contribution in [-0.4, -0.2) is 44.0 Å². The third-order valence-corrected chi connectivity index (χ3v) is 7.49. The molecule has 0 spiro atoms. The number of amides is 1. The number of halogens is 3. The van der Waals surface area contributed by atoms with Gasteiger partial charge in [-0.2, -0.15) is 0 Å². The van der Waals surface area contributed by atoms with Crippen LogP contribution in [0.3, 0.4) is 0 Å². The van der Waals surface area contributed by atoms with E-state index in [2.05, 4.69) is 10.3 Å². The van der Waals surface area contributed by atoms with Crippen molar-refractivity contribution < 1.29 is 4.79 Å². The fourth-order valence-corrected chi connectivity index (χ4v) is 5.55. The van der Waals surface area contributed by atoms with Crippen LogP contribution in [0.2, 0.25) is 0 Å². The number of hydrogen-bond acceptors (Lipinski definition) is 3. The molecule has 34 heavy (non-hydrogen) atoms. The first kappa shape index (κ1) is 23.6. The van der Waals surface area contributed by atoms with Crippen molar-refractivity contribution in [2.24, 2.45) is 5.92 Å². The molecule has 0 bridgehead atoms. The Bertz CT molecular complexity index is 1210. The lowest BCUT2D eigenvalue weighted by Gasteiger charge is -2.44. The molecule has 1 amide bonds. The summed E-state index contributed by atoms with van der Waals surface area (Å²) in [6.07, 6.45) is 2.44. The Kier molecular flexibility index (Phi) is 6.60. The molecule has 2 fully saturated rings. The van der Waals surface area contributed by atoms with Crippen molar-refractivity contribution in [1.82, 2.24) is 15.2 Å². The van der Waals surface area contributed by atoms with E-state index in [1.807, 2.05) is 70.5 Å². The summed E-state index contributed by atoms with van der Waals surface area (Å²) < 4.78 is -1.77. The molecule has 1 saturated carbocycles. The van der Waals surface area contributed by atoms with Gasteiger partial charge in [0.1, 0.15) is 0 Å². The summed E-state index contributed by atoms with van der Waals surface area (Å²) in [4.78, 5) is 21.5. The van der Waals surface area contributed by atoms with Crippen LogP contribution in [0.25, 0.3) is 10.9 Å². The van der Waals surface area contributed by atoms with Gasteiger partial charge in [0, 0.05) is 30.6 Å². The van der Waals surface area contributed by atoms with E-state index in [1.165, 1.54) is 0 Å². The summed E-state index contributed by atoms with van der Waals surface area (Å²) in [5.41, 5.74) is 2.90. The maximum absolute atomic E-state index is 13.1. The molecule has 5 rings (SSSR count). The zero-order valence-corrected chi connectivity index (χ0v) is 21.3. The Balaban J connectivity index is 1.37. The normalized spacial score (nSPS) is 21.4. The molecular formula is C25H23Cl3N4OS. The van der Waals surface area contributed by atoms with Crippen LogP contribution in [0.5, 0.6) is 0 Å². The summed E-state index contributed by atoms with van der Waals surface area (Å²) in [7, 11) is 0. The van der Waals surface area contributed by atoms with Gasteiger partial charge in [-0.3, -0.25) is 9.78 Å². The second-order valence-electron chi connectivity index (χ2n) is 8.65. The number of fused-ring (bicyclic) bond motifs is 1. The number of nitrogens with zero attached hydrogens (tertiary/aromatic N) is 3. The maximum atomic E-state index is 13.1. The van der Waals surface area contributed by atoms with Gasteiger partial charge in [-0.05, 0) is 48.7 Å². The van der Waals surface area contributed by atoms with Crippen molar-refractivity contribution in [2.45, 2.75) is 28.7 Å². The van der Waals surface area contributed by atoms with Crippen LogP contribution in [0.1, 0.15) is 24.3 Å². The van der Waals surface area contributed by atoms with Gasteiger partial charge in [-0.15, -0.1) is 0 Å². The fraction of sp³-hybridized carbons (Fsp3) is 0.320. The molecule has 1 aliphatic heterocycles. The fourth-order valence-electron chi connectivity index (χ4n) is 4.65. The van der Waals surface area contributed by atoms with Crippen molar-refractivity contribution in [2.75, 3.05) is 18.0 Å². The molecule has 176 valence electrons. The summed E-state index contributed by atoms with van der Waals surface area (Å²) in [6, 6.07) is 19.9. The lowest BCUT2D eigenvalue weighted by Crippen LogP contribution is -2.63. The third-order valence-electron chi connectivity index (χ3n) is 6.42. The largest absolute Gasteiger partial charge is 0.332 e. The Morgan fingerprint density at radius 2 is 1.82 bits per heavy atom. The molecule has 0 radical (unpaired) electrons. The average molecular weight is 534 g/mol. The van der Waals surface area contributed by atoms with Gasteiger partial charge in [-0.1, -0.05) is 83.3 Å². The van der Waals surface area contributed by atoms with E-state index in [0.717, 1.165) is 35.0 Å². The maximum Gasteiger partial charge on any atom is 0.228 e. The lowest BCUT2D eigenvalue weighted by atomic mass is 10.1. The monoisotopic (exact) mass is 532 g/mol. The number of aromatic nitrogens is 1. The number of nitrogens with one attached hydrogen (secondary N) is 1. The Labute approximate surface area is 219 Å². The van der Waals surface area contributed by atoms with Crippen LogP contribution >= 0.6 is 47.0 Å².